The van der Waals surface area contributed by atoms with Gasteiger partial charge < -0.3 is 5.32 Å². The molecule has 1 atom stereocenters. The second-order valence-corrected chi connectivity index (χ2v) is 8.47. The molecule has 1 saturated heterocycles. The number of hydrogen-bond donors (Lipinski definition) is 1. The normalized spacial score (nSPS) is 21.3. The van der Waals surface area contributed by atoms with Crippen molar-refractivity contribution in [1.29, 1.82) is 0 Å². The van der Waals surface area contributed by atoms with Gasteiger partial charge in [-0.05, 0) is 44.4 Å². The maximum absolute atomic E-state index is 11.8. The van der Waals surface area contributed by atoms with Crippen LogP contribution in [0.2, 0.25) is 0 Å². The summed E-state index contributed by atoms with van der Waals surface area (Å²) < 4.78 is 22.8. The van der Waals surface area contributed by atoms with Crippen molar-refractivity contribution in [3.8, 4) is 0 Å². The topological polar surface area (TPSA) is 46.2 Å². The van der Waals surface area contributed by atoms with Crippen LogP contribution in [-0.4, -0.2) is 21.2 Å². The smallest absolute Gasteiger partial charge is 0.156 e. The zero-order chi connectivity index (χ0) is 14.1. The second-order valence-electron chi connectivity index (χ2n) is 5.91. The van der Waals surface area contributed by atoms with Gasteiger partial charge in [0.25, 0.3) is 0 Å². The van der Waals surface area contributed by atoms with Crippen LogP contribution in [0.25, 0.3) is 0 Å². The van der Waals surface area contributed by atoms with E-state index in [1.807, 2.05) is 12.1 Å². The van der Waals surface area contributed by atoms with Gasteiger partial charge in [0.15, 0.2) is 9.84 Å². The summed E-state index contributed by atoms with van der Waals surface area (Å²) in [5.74, 6) is 0. The van der Waals surface area contributed by atoms with Gasteiger partial charge in [0.1, 0.15) is 0 Å². The molecule has 0 spiro atoms. The lowest BCUT2D eigenvalue weighted by Crippen LogP contribution is -2.29. The maximum Gasteiger partial charge on any atom is 0.156 e. The Bertz CT molecular complexity index is 526. The van der Waals surface area contributed by atoms with Gasteiger partial charge >= 0.3 is 0 Å². The first-order valence-corrected chi connectivity index (χ1v) is 8.75. The van der Waals surface area contributed by atoms with Gasteiger partial charge in [-0.1, -0.05) is 30.7 Å². The zero-order valence-electron chi connectivity index (χ0n) is 11.9. The molecule has 3 nitrogen and oxygen atoms in total. The number of piperidine rings is 1. The van der Waals surface area contributed by atoms with Gasteiger partial charge in [0.2, 0.25) is 0 Å². The number of rotatable bonds is 3. The number of sulfone groups is 1. The highest BCUT2D eigenvalue weighted by Crippen LogP contribution is 2.30. The van der Waals surface area contributed by atoms with E-state index in [4.69, 9.17) is 0 Å². The summed E-state index contributed by atoms with van der Waals surface area (Å²) >= 11 is 0. The van der Waals surface area contributed by atoms with Crippen LogP contribution in [0.5, 0.6) is 0 Å². The Hall–Kier alpha value is -0.870. The molecule has 1 N–H and O–H groups in total. The molecule has 106 valence electrons. The van der Waals surface area contributed by atoms with Gasteiger partial charge in [-0.3, -0.25) is 0 Å². The summed E-state index contributed by atoms with van der Waals surface area (Å²) in [6.45, 7) is 4.59. The van der Waals surface area contributed by atoms with Crippen LogP contribution in [0, 0.1) is 0 Å². The molecule has 0 aliphatic carbocycles. The molecule has 0 bridgehead atoms. The van der Waals surface area contributed by atoms with Gasteiger partial charge in [0, 0.05) is 12.3 Å². The van der Waals surface area contributed by atoms with Crippen molar-refractivity contribution in [3.63, 3.8) is 0 Å². The van der Waals surface area contributed by atoms with Crippen LogP contribution >= 0.6 is 0 Å². The largest absolute Gasteiger partial charge is 0.310 e. The quantitative estimate of drug-likeness (QED) is 0.926. The number of hydrogen-bond acceptors (Lipinski definition) is 3. The molecule has 1 fully saturated rings. The second kappa shape index (κ2) is 5.25. The van der Waals surface area contributed by atoms with E-state index >= 15 is 0 Å². The van der Waals surface area contributed by atoms with Gasteiger partial charge in [0.05, 0.1) is 4.75 Å². The zero-order valence-corrected chi connectivity index (χ0v) is 12.8. The molecule has 1 heterocycles. The van der Waals surface area contributed by atoms with E-state index in [0.717, 1.165) is 18.5 Å². The van der Waals surface area contributed by atoms with Crippen molar-refractivity contribution < 1.29 is 8.42 Å². The van der Waals surface area contributed by atoms with Crippen LogP contribution in [0.1, 0.15) is 50.3 Å². The van der Waals surface area contributed by atoms with E-state index in [2.05, 4.69) is 17.4 Å². The third-order valence-electron chi connectivity index (χ3n) is 4.25. The Morgan fingerprint density at radius 3 is 2.26 bits per heavy atom. The summed E-state index contributed by atoms with van der Waals surface area (Å²) in [6.07, 6.45) is 4.96. The molecule has 1 aliphatic rings. The molecule has 1 aromatic carbocycles. The number of benzene rings is 1. The monoisotopic (exact) mass is 281 g/mol. The molecule has 19 heavy (non-hydrogen) atoms. The van der Waals surface area contributed by atoms with Crippen LogP contribution < -0.4 is 5.32 Å². The molecule has 2 rings (SSSR count). The first kappa shape index (κ1) is 14.5. The molecular weight excluding hydrogens is 258 g/mol. The van der Waals surface area contributed by atoms with Crippen molar-refractivity contribution in [2.75, 3.05) is 12.8 Å². The van der Waals surface area contributed by atoms with Crippen LogP contribution in [0.3, 0.4) is 0 Å². The van der Waals surface area contributed by atoms with E-state index in [0.29, 0.717) is 6.04 Å². The fourth-order valence-corrected chi connectivity index (χ4v) is 3.03. The average Bonchev–Trinajstić information content (AvgIpc) is 2.39. The lowest BCUT2D eigenvalue weighted by Gasteiger charge is -2.26. The third-order valence-corrected chi connectivity index (χ3v) is 6.34. The maximum atomic E-state index is 11.8. The minimum Gasteiger partial charge on any atom is -0.310 e. The van der Waals surface area contributed by atoms with Crippen molar-refractivity contribution in [2.45, 2.75) is 43.9 Å². The van der Waals surface area contributed by atoms with Crippen LogP contribution in [0.15, 0.2) is 24.3 Å². The molecule has 0 amide bonds. The summed E-state index contributed by atoms with van der Waals surface area (Å²) in [6, 6.07) is 8.44. The lowest BCUT2D eigenvalue weighted by molar-refractivity contribution is 0.412. The Labute approximate surface area is 116 Å². The van der Waals surface area contributed by atoms with Crippen molar-refractivity contribution in [3.05, 3.63) is 35.4 Å². The van der Waals surface area contributed by atoms with Crippen LogP contribution in [0.4, 0.5) is 0 Å². The number of nitrogens with one attached hydrogen (secondary N) is 1. The molecule has 0 saturated carbocycles. The van der Waals surface area contributed by atoms with E-state index in [1.54, 1.807) is 13.8 Å². The lowest BCUT2D eigenvalue weighted by atomic mass is 9.94. The summed E-state index contributed by atoms with van der Waals surface area (Å²) in [5.41, 5.74) is 2.11. The van der Waals surface area contributed by atoms with Crippen molar-refractivity contribution >= 4 is 9.84 Å². The Balaban J connectivity index is 2.23. The van der Waals surface area contributed by atoms with E-state index in [1.165, 1.54) is 24.7 Å². The average molecular weight is 281 g/mol. The van der Waals surface area contributed by atoms with Crippen molar-refractivity contribution in [1.82, 2.24) is 5.32 Å². The molecule has 1 aliphatic heterocycles. The minimum atomic E-state index is -3.11. The SMILES string of the molecule is CC(C)(c1ccc(C2CCCCN2)cc1)S(C)(=O)=O. The summed E-state index contributed by atoms with van der Waals surface area (Å²) in [4.78, 5) is 0. The van der Waals surface area contributed by atoms with E-state index in [-0.39, 0.29) is 0 Å². The van der Waals surface area contributed by atoms with Gasteiger partial charge in [-0.25, -0.2) is 8.42 Å². The fraction of sp³-hybridized carbons (Fsp3) is 0.600. The fourth-order valence-electron chi connectivity index (χ4n) is 2.47. The minimum absolute atomic E-state index is 0.421. The van der Waals surface area contributed by atoms with E-state index < -0.39 is 14.6 Å². The molecule has 0 aromatic heterocycles. The third kappa shape index (κ3) is 3.00. The standard InChI is InChI=1S/C15H23NO2S/c1-15(2,19(3,17)18)13-9-7-12(8-10-13)14-6-4-5-11-16-14/h7-10,14,16H,4-6,11H2,1-3H3. The first-order chi connectivity index (χ1) is 8.82. The first-order valence-electron chi connectivity index (χ1n) is 6.86. The summed E-state index contributed by atoms with van der Waals surface area (Å²) in [5, 5.41) is 3.51. The predicted molar refractivity (Wildman–Crippen MR) is 78.9 cm³/mol. The van der Waals surface area contributed by atoms with Crippen LogP contribution in [-0.2, 0) is 14.6 Å². The Kier molecular flexibility index (Phi) is 4.02. The molecule has 1 aromatic rings. The molecule has 1 unspecified atom stereocenters. The van der Waals surface area contributed by atoms with Gasteiger partial charge in [-0.2, -0.15) is 0 Å². The van der Waals surface area contributed by atoms with Crippen molar-refractivity contribution in [2.24, 2.45) is 0 Å². The highest BCUT2D eigenvalue weighted by Gasteiger charge is 2.32. The molecule has 0 radical (unpaired) electrons. The van der Waals surface area contributed by atoms with E-state index in [9.17, 15) is 8.42 Å². The predicted octanol–water partition coefficient (Wildman–Crippen LogP) is 2.78. The highest BCUT2D eigenvalue weighted by atomic mass is 32.2. The highest BCUT2D eigenvalue weighted by molar-refractivity contribution is 7.91. The molecular formula is C15H23NO2S. The van der Waals surface area contributed by atoms with Gasteiger partial charge in [-0.15, -0.1) is 0 Å². The molecule has 4 heteroatoms. The Morgan fingerprint density at radius 1 is 1.16 bits per heavy atom. The summed E-state index contributed by atoms with van der Waals surface area (Å²) in [7, 11) is -3.11. The Morgan fingerprint density at radius 2 is 1.79 bits per heavy atom.